The number of amides is 1. The van der Waals surface area contributed by atoms with Crippen molar-refractivity contribution >= 4 is 35.8 Å². The minimum Gasteiger partial charge on any atom is -0.369 e. The minimum atomic E-state index is -0.129. The van der Waals surface area contributed by atoms with E-state index in [1.807, 2.05) is 7.05 Å². The molecule has 2 aliphatic rings. The van der Waals surface area contributed by atoms with Crippen LogP contribution in [0.25, 0.3) is 0 Å². The lowest BCUT2D eigenvalue weighted by Gasteiger charge is -2.30. The topological polar surface area (TPSA) is 82.8 Å². The molecule has 26 heavy (non-hydrogen) atoms. The Bertz CT molecular complexity index is 430. The lowest BCUT2D eigenvalue weighted by atomic mass is 9.87. The summed E-state index contributed by atoms with van der Waals surface area (Å²) in [5, 5.41) is 7.01. The molecule has 1 saturated carbocycles. The molecule has 0 radical (unpaired) electrons. The van der Waals surface area contributed by atoms with Gasteiger partial charge < -0.3 is 21.3 Å². The van der Waals surface area contributed by atoms with Gasteiger partial charge in [-0.15, -0.1) is 24.0 Å². The molecule has 1 heterocycles. The first-order chi connectivity index (χ1) is 12.1. The Morgan fingerprint density at radius 1 is 1.12 bits per heavy atom. The summed E-state index contributed by atoms with van der Waals surface area (Å²) in [4.78, 5) is 18.0. The number of carbonyl (C=O) groups excluding carboxylic acids is 1. The summed E-state index contributed by atoms with van der Waals surface area (Å²) >= 11 is 0. The average molecular weight is 479 g/mol. The van der Waals surface area contributed by atoms with Crippen LogP contribution in [0, 0.1) is 11.8 Å². The second kappa shape index (κ2) is 12.8. The molecule has 0 spiro atoms. The summed E-state index contributed by atoms with van der Waals surface area (Å²) in [6.45, 7) is 6.43. The van der Waals surface area contributed by atoms with Crippen LogP contribution in [0.2, 0.25) is 0 Å². The number of nitrogens with one attached hydrogen (secondary N) is 2. The Morgan fingerprint density at radius 3 is 2.35 bits per heavy atom. The smallest absolute Gasteiger partial charge is 0.220 e. The molecule has 0 bridgehead atoms. The SMILES string of the molecule is CN=C(NCCCCN1CCC(C(N)=O)CC1)NC1CCC(C)CC1.I. The standard InChI is InChI=1S/C19H37N5O.HI/c1-15-5-7-17(8-6-15)23-19(21-2)22-11-3-4-12-24-13-9-16(10-14-24)18(20)25;/h15-17H,3-14H2,1-2H3,(H2,20,25)(H2,21,22,23);1H. The van der Waals surface area contributed by atoms with E-state index in [4.69, 9.17) is 5.73 Å². The van der Waals surface area contributed by atoms with Crippen LogP contribution < -0.4 is 16.4 Å². The van der Waals surface area contributed by atoms with E-state index in [0.717, 1.165) is 57.3 Å². The summed E-state index contributed by atoms with van der Waals surface area (Å²) in [6.07, 6.45) is 9.30. The maximum absolute atomic E-state index is 11.2. The van der Waals surface area contributed by atoms with Crippen molar-refractivity contribution in [3.05, 3.63) is 0 Å². The van der Waals surface area contributed by atoms with Crippen LogP contribution in [0.1, 0.15) is 58.3 Å². The zero-order valence-electron chi connectivity index (χ0n) is 16.5. The van der Waals surface area contributed by atoms with Gasteiger partial charge in [-0.05, 0) is 76.9 Å². The van der Waals surface area contributed by atoms with Crippen molar-refractivity contribution in [2.75, 3.05) is 33.2 Å². The second-order valence-electron chi connectivity index (χ2n) is 7.83. The molecule has 4 N–H and O–H groups in total. The summed E-state index contributed by atoms with van der Waals surface area (Å²) in [5.74, 6) is 1.79. The lowest BCUT2D eigenvalue weighted by Crippen LogP contribution is -2.45. The molecular weight excluding hydrogens is 441 g/mol. The number of rotatable bonds is 7. The first kappa shape index (κ1) is 23.5. The van der Waals surface area contributed by atoms with Crippen LogP contribution in [-0.2, 0) is 4.79 Å². The molecule has 0 aromatic rings. The Balaban J connectivity index is 0.00000338. The molecule has 2 rings (SSSR count). The number of primary amides is 1. The molecule has 0 atom stereocenters. The zero-order valence-corrected chi connectivity index (χ0v) is 18.8. The number of carbonyl (C=O) groups is 1. The largest absolute Gasteiger partial charge is 0.369 e. The molecule has 0 aromatic carbocycles. The van der Waals surface area contributed by atoms with Gasteiger partial charge in [-0.2, -0.15) is 0 Å². The minimum absolute atomic E-state index is 0. The molecule has 1 aliphatic carbocycles. The molecule has 152 valence electrons. The van der Waals surface area contributed by atoms with E-state index < -0.39 is 0 Å². The van der Waals surface area contributed by atoms with Crippen molar-refractivity contribution in [2.24, 2.45) is 22.6 Å². The van der Waals surface area contributed by atoms with Crippen LogP contribution >= 0.6 is 24.0 Å². The Hall–Kier alpha value is -0.570. The Kier molecular flexibility index (Phi) is 11.5. The quantitative estimate of drug-likeness (QED) is 0.227. The van der Waals surface area contributed by atoms with E-state index >= 15 is 0 Å². The molecule has 2 fully saturated rings. The van der Waals surface area contributed by atoms with E-state index in [-0.39, 0.29) is 35.8 Å². The molecule has 1 aliphatic heterocycles. The van der Waals surface area contributed by atoms with Gasteiger partial charge in [0.15, 0.2) is 5.96 Å². The number of unbranched alkanes of at least 4 members (excludes halogenated alkanes) is 1. The number of hydrogen-bond acceptors (Lipinski definition) is 3. The maximum Gasteiger partial charge on any atom is 0.220 e. The first-order valence-corrected chi connectivity index (χ1v) is 10.1. The van der Waals surface area contributed by atoms with Crippen molar-refractivity contribution in [1.82, 2.24) is 15.5 Å². The second-order valence-corrected chi connectivity index (χ2v) is 7.83. The van der Waals surface area contributed by atoms with Crippen molar-refractivity contribution in [2.45, 2.75) is 64.3 Å². The van der Waals surface area contributed by atoms with E-state index in [1.165, 1.54) is 32.1 Å². The van der Waals surface area contributed by atoms with Crippen LogP contribution in [-0.4, -0.2) is 56.0 Å². The fourth-order valence-electron chi connectivity index (χ4n) is 3.90. The number of guanidine groups is 1. The third-order valence-corrected chi connectivity index (χ3v) is 5.76. The predicted molar refractivity (Wildman–Crippen MR) is 119 cm³/mol. The number of halogens is 1. The third-order valence-electron chi connectivity index (χ3n) is 5.76. The van der Waals surface area contributed by atoms with Crippen molar-refractivity contribution < 1.29 is 4.79 Å². The molecule has 1 saturated heterocycles. The zero-order chi connectivity index (χ0) is 18.1. The number of likely N-dealkylation sites (tertiary alicyclic amines) is 1. The highest BCUT2D eigenvalue weighted by Crippen LogP contribution is 2.23. The van der Waals surface area contributed by atoms with Crippen LogP contribution in [0.5, 0.6) is 0 Å². The highest BCUT2D eigenvalue weighted by molar-refractivity contribution is 14.0. The molecule has 0 aromatic heterocycles. The summed E-state index contributed by atoms with van der Waals surface area (Å²) < 4.78 is 0. The highest BCUT2D eigenvalue weighted by Gasteiger charge is 2.22. The normalized spacial score (nSPS) is 25.4. The number of nitrogens with two attached hydrogens (primary N) is 1. The van der Waals surface area contributed by atoms with Gasteiger partial charge in [0.1, 0.15) is 0 Å². The van der Waals surface area contributed by atoms with E-state index in [1.54, 1.807) is 0 Å². The van der Waals surface area contributed by atoms with E-state index in [9.17, 15) is 4.79 Å². The Labute approximate surface area is 176 Å². The fraction of sp³-hybridized carbons (Fsp3) is 0.895. The van der Waals surface area contributed by atoms with Crippen LogP contribution in [0.3, 0.4) is 0 Å². The monoisotopic (exact) mass is 479 g/mol. The molecule has 1 amide bonds. The third kappa shape index (κ3) is 8.41. The van der Waals surface area contributed by atoms with Crippen molar-refractivity contribution in [3.63, 3.8) is 0 Å². The van der Waals surface area contributed by atoms with Gasteiger partial charge >= 0.3 is 0 Å². The summed E-state index contributed by atoms with van der Waals surface area (Å²) in [5.41, 5.74) is 5.38. The van der Waals surface area contributed by atoms with Gasteiger partial charge in [0, 0.05) is 25.6 Å². The van der Waals surface area contributed by atoms with Gasteiger partial charge in [-0.3, -0.25) is 9.79 Å². The summed E-state index contributed by atoms with van der Waals surface area (Å²) in [6, 6.07) is 0.578. The van der Waals surface area contributed by atoms with Crippen molar-refractivity contribution in [1.29, 1.82) is 0 Å². The molecular formula is C19H38IN5O. The molecule has 6 nitrogen and oxygen atoms in total. The summed E-state index contributed by atoms with van der Waals surface area (Å²) in [7, 11) is 1.85. The van der Waals surface area contributed by atoms with Gasteiger partial charge in [0.25, 0.3) is 0 Å². The maximum atomic E-state index is 11.2. The van der Waals surface area contributed by atoms with E-state index in [2.05, 4.69) is 27.4 Å². The van der Waals surface area contributed by atoms with Crippen molar-refractivity contribution in [3.8, 4) is 0 Å². The lowest BCUT2D eigenvalue weighted by molar-refractivity contribution is -0.123. The van der Waals surface area contributed by atoms with Gasteiger partial charge in [-0.25, -0.2) is 0 Å². The first-order valence-electron chi connectivity index (χ1n) is 10.1. The number of aliphatic imine (C=N–C) groups is 1. The van der Waals surface area contributed by atoms with Gasteiger partial charge in [-0.1, -0.05) is 6.92 Å². The van der Waals surface area contributed by atoms with Crippen LogP contribution in [0.15, 0.2) is 4.99 Å². The van der Waals surface area contributed by atoms with Gasteiger partial charge in [0.05, 0.1) is 0 Å². The van der Waals surface area contributed by atoms with Crippen LogP contribution in [0.4, 0.5) is 0 Å². The van der Waals surface area contributed by atoms with Gasteiger partial charge in [0.2, 0.25) is 5.91 Å². The number of piperidine rings is 1. The molecule has 7 heteroatoms. The fourth-order valence-corrected chi connectivity index (χ4v) is 3.90. The average Bonchev–Trinajstić information content (AvgIpc) is 2.62. The predicted octanol–water partition coefficient (Wildman–Crippen LogP) is 2.33. The number of hydrogen-bond donors (Lipinski definition) is 3. The number of nitrogens with zero attached hydrogens (tertiary/aromatic N) is 2. The molecule has 0 unspecified atom stereocenters. The Morgan fingerprint density at radius 2 is 1.77 bits per heavy atom. The highest BCUT2D eigenvalue weighted by atomic mass is 127. The van der Waals surface area contributed by atoms with E-state index in [0.29, 0.717) is 6.04 Å².